The van der Waals surface area contributed by atoms with Crippen LogP contribution >= 0.6 is 23.2 Å². The highest BCUT2D eigenvalue weighted by Gasteiger charge is 2.21. The first-order chi connectivity index (χ1) is 9.85. The zero-order valence-electron chi connectivity index (χ0n) is 12.8. The first-order valence-electron chi connectivity index (χ1n) is 7.33. The van der Waals surface area contributed by atoms with Crippen molar-refractivity contribution < 1.29 is 9.47 Å². The summed E-state index contributed by atoms with van der Waals surface area (Å²) in [6.45, 7) is 7.78. The lowest BCUT2D eigenvalue weighted by atomic mass is 10.2. The Balaban J connectivity index is 1.95. The molecular formula is C16H23Cl2NO2. The Kier molecular flexibility index (Phi) is 5.78. The van der Waals surface area contributed by atoms with Gasteiger partial charge in [-0.3, -0.25) is 0 Å². The van der Waals surface area contributed by atoms with E-state index in [1.54, 1.807) is 6.07 Å². The summed E-state index contributed by atoms with van der Waals surface area (Å²) in [6.07, 6.45) is 2.48. The Morgan fingerprint density at radius 2 is 1.90 bits per heavy atom. The highest BCUT2D eigenvalue weighted by molar-refractivity contribution is 6.35. The molecule has 0 atom stereocenters. The molecule has 1 aromatic carbocycles. The highest BCUT2D eigenvalue weighted by Crippen LogP contribution is 2.33. The fraction of sp³-hybridized carbons (Fsp3) is 0.625. The Hall–Kier alpha value is -0.480. The van der Waals surface area contributed by atoms with Crippen LogP contribution in [0.3, 0.4) is 0 Å². The van der Waals surface area contributed by atoms with Gasteiger partial charge in [0.1, 0.15) is 12.4 Å². The minimum absolute atomic E-state index is 0.163. The second-order valence-electron chi connectivity index (χ2n) is 6.34. The van der Waals surface area contributed by atoms with Gasteiger partial charge in [0.25, 0.3) is 0 Å². The van der Waals surface area contributed by atoms with Crippen molar-refractivity contribution in [3.63, 3.8) is 0 Å². The highest BCUT2D eigenvalue weighted by atomic mass is 35.5. The summed E-state index contributed by atoms with van der Waals surface area (Å²) in [5.41, 5.74) is 0.832. The lowest BCUT2D eigenvalue weighted by molar-refractivity contribution is -0.0163. The molecule has 0 spiro atoms. The Morgan fingerprint density at radius 1 is 1.19 bits per heavy atom. The third-order valence-electron chi connectivity index (χ3n) is 3.11. The number of hydrogen-bond acceptors (Lipinski definition) is 3. The molecule has 3 nitrogen and oxygen atoms in total. The summed E-state index contributed by atoms with van der Waals surface area (Å²) in [5.74, 6) is 0.701. The van der Waals surface area contributed by atoms with Gasteiger partial charge in [-0.2, -0.15) is 0 Å². The first-order valence-corrected chi connectivity index (χ1v) is 8.09. The second-order valence-corrected chi connectivity index (χ2v) is 7.18. The van der Waals surface area contributed by atoms with Crippen molar-refractivity contribution in [3.8, 4) is 5.75 Å². The van der Waals surface area contributed by atoms with E-state index in [1.165, 1.54) is 12.8 Å². The van der Waals surface area contributed by atoms with Crippen LogP contribution in [0.25, 0.3) is 0 Å². The van der Waals surface area contributed by atoms with E-state index in [2.05, 4.69) is 5.32 Å². The third kappa shape index (κ3) is 6.03. The molecule has 1 aliphatic carbocycles. The summed E-state index contributed by atoms with van der Waals surface area (Å²) in [5, 5.41) is 4.63. The monoisotopic (exact) mass is 331 g/mol. The van der Waals surface area contributed by atoms with Crippen LogP contribution in [-0.2, 0) is 11.3 Å². The SMILES string of the molecule is CC(C)(C)OCCOc1c(Cl)cc(Cl)cc1CNC1CC1. The van der Waals surface area contributed by atoms with Crippen LogP contribution in [0.2, 0.25) is 10.0 Å². The van der Waals surface area contributed by atoms with Gasteiger partial charge < -0.3 is 14.8 Å². The maximum atomic E-state index is 6.26. The third-order valence-corrected chi connectivity index (χ3v) is 3.61. The van der Waals surface area contributed by atoms with Gasteiger partial charge in [0.05, 0.1) is 17.2 Å². The van der Waals surface area contributed by atoms with Crippen LogP contribution in [0.1, 0.15) is 39.2 Å². The number of benzene rings is 1. The first kappa shape index (κ1) is 16.9. The van der Waals surface area contributed by atoms with E-state index >= 15 is 0 Å². The van der Waals surface area contributed by atoms with Gasteiger partial charge in [-0.1, -0.05) is 23.2 Å². The van der Waals surface area contributed by atoms with E-state index in [0.29, 0.717) is 35.1 Å². The van der Waals surface area contributed by atoms with Gasteiger partial charge in [0, 0.05) is 23.2 Å². The fourth-order valence-electron chi connectivity index (χ4n) is 1.94. The van der Waals surface area contributed by atoms with Crippen LogP contribution in [0.5, 0.6) is 5.75 Å². The van der Waals surface area contributed by atoms with Crippen molar-refractivity contribution in [1.29, 1.82) is 0 Å². The van der Waals surface area contributed by atoms with E-state index in [1.807, 2.05) is 26.8 Å². The fourth-order valence-corrected chi connectivity index (χ4v) is 2.53. The zero-order valence-corrected chi connectivity index (χ0v) is 14.4. The predicted octanol–water partition coefficient (Wildman–Crippen LogP) is 4.44. The molecule has 0 aliphatic heterocycles. The molecule has 0 heterocycles. The van der Waals surface area contributed by atoms with Gasteiger partial charge >= 0.3 is 0 Å². The van der Waals surface area contributed by atoms with Crippen molar-refractivity contribution in [2.45, 2.75) is 51.8 Å². The van der Waals surface area contributed by atoms with Crippen LogP contribution < -0.4 is 10.1 Å². The lowest BCUT2D eigenvalue weighted by Crippen LogP contribution is -2.23. The quantitative estimate of drug-likeness (QED) is 0.749. The van der Waals surface area contributed by atoms with E-state index in [4.69, 9.17) is 32.7 Å². The van der Waals surface area contributed by atoms with Gasteiger partial charge in [0.2, 0.25) is 0 Å². The standard InChI is InChI=1S/C16H23Cl2NO2/c1-16(2,3)21-7-6-20-15-11(10-19-13-4-5-13)8-12(17)9-14(15)18/h8-9,13,19H,4-7,10H2,1-3H3. The number of halogens is 2. The van der Waals surface area contributed by atoms with Crippen molar-refractivity contribution in [2.24, 2.45) is 0 Å². The maximum Gasteiger partial charge on any atom is 0.142 e. The molecule has 2 rings (SSSR count). The number of hydrogen-bond donors (Lipinski definition) is 1. The number of rotatable bonds is 7. The van der Waals surface area contributed by atoms with Gasteiger partial charge in [-0.05, 0) is 45.7 Å². The molecule has 1 aromatic rings. The molecule has 0 amide bonds. The molecule has 1 aliphatic rings. The van der Waals surface area contributed by atoms with E-state index in [0.717, 1.165) is 12.1 Å². The van der Waals surface area contributed by atoms with Crippen LogP contribution in [-0.4, -0.2) is 24.9 Å². The molecule has 0 aromatic heterocycles. The Labute approximate surface area is 136 Å². The number of nitrogens with one attached hydrogen (secondary N) is 1. The molecular weight excluding hydrogens is 309 g/mol. The van der Waals surface area contributed by atoms with E-state index < -0.39 is 0 Å². The molecule has 0 unspecified atom stereocenters. The van der Waals surface area contributed by atoms with Gasteiger partial charge in [0.15, 0.2) is 0 Å². The minimum Gasteiger partial charge on any atom is -0.489 e. The molecule has 1 saturated carbocycles. The Morgan fingerprint density at radius 3 is 2.52 bits per heavy atom. The van der Waals surface area contributed by atoms with Crippen molar-refractivity contribution in [2.75, 3.05) is 13.2 Å². The van der Waals surface area contributed by atoms with Crippen LogP contribution in [0, 0.1) is 0 Å². The molecule has 0 bridgehead atoms. The summed E-state index contributed by atoms with van der Waals surface area (Å²) >= 11 is 12.3. The Bertz CT molecular complexity index is 482. The summed E-state index contributed by atoms with van der Waals surface area (Å²) in [4.78, 5) is 0. The summed E-state index contributed by atoms with van der Waals surface area (Å²) in [7, 11) is 0. The second kappa shape index (κ2) is 7.19. The van der Waals surface area contributed by atoms with Crippen LogP contribution in [0.4, 0.5) is 0 Å². The molecule has 118 valence electrons. The topological polar surface area (TPSA) is 30.5 Å². The van der Waals surface area contributed by atoms with Crippen molar-refractivity contribution in [3.05, 3.63) is 27.7 Å². The summed E-state index contributed by atoms with van der Waals surface area (Å²) < 4.78 is 11.5. The van der Waals surface area contributed by atoms with E-state index in [9.17, 15) is 0 Å². The van der Waals surface area contributed by atoms with Crippen LogP contribution in [0.15, 0.2) is 12.1 Å². The predicted molar refractivity (Wildman–Crippen MR) is 87.5 cm³/mol. The van der Waals surface area contributed by atoms with Crippen molar-refractivity contribution in [1.82, 2.24) is 5.32 Å². The average molecular weight is 332 g/mol. The molecule has 0 radical (unpaired) electrons. The smallest absolute Gasteiger partial charge is 0.142 e. The zero-order chi connectivity index (χ0) is 15.5. The maximum absolute atomic E-state index is 6.26. The minimum atomic E-state index is -0.163. The van der Waals surface area contributed by atoms with Gasteiger partial charge in [-0.25, -0.2) is 0 Å². The summed E-state index contributed by atoms with van der Waals surface area (Å²) in [6, 6.07) is 4.24. The lowest BCUT2D eigenvalue weighted by Gasteiger charge is -2.20. The van der Waals surface area contributed by atoms with Crippen molar-refractivity contribution >= 4 is 23.2 Å². The molecule has 0 saturated heterocycles. The molecule has 21 heavy (non-hydrogen) atoms. The normalized spacial score (nSPS) is 15.3. The van der Waals surface area contributed by atoms with Gasteiger partial charge in [-0.15, -0.1) is 0 Å². The average Bonchev–Trinajstić information content (AvgIpc) is 3.16. The van der Waals surface area contributed by atoms with E-state index in [-0.39, 0.29) is 5.60 Å². The number of ether oxygens (including phenoxy) is 2. The largest absolute Gasteiger partial charge is 0.489 e. The molecule has 1 N–H and O–H groups in total. The molecule has 1 fully saturated rings. The molecule has 5 heteroatoms.